The highest BCUT2D eigenvalue weighted by molar-refractivity contribution is 5.65. The van der Waals surface area contributed by atoms with Crippen molar-refractivity contribution in [3.8, 4) is 0 Å². The van der Waals surface area contributed by atoms with Crippen LogP contribution in [0.5, 0.6) is 0 Å². The first-order valence-electron chi connectivity index (χ1n) is 4.79. The maximum absolute atomic E-state index is 10.8. The van der Waals surface area contributed by atoms with E-state index in [1.54, 1.807) is 7.05 Å². The lowest BCUT2D eigenvalue weighted by Gasteiger charge is -2.42. The molecule has 1 amide bonds. The van der Waals surface area contributed by atoms with Gasteiger partial charge in [-0.3, -0.25) is 0 Å². The maximum atomic E-state index is 10.8. The molecule has 0 aromatic carbocycles. The topological polar surface area (TPSA) is 66.6 Å². The van der Waals surface area contributed by atoms with Crippen LogP contribution in [-0.4, -0.2) is 35.2 Å². The SMILES string of the molecule is CN(C(=O)O)C1(CN)CCCCC1. The monoisotopic (exact) mass is 186 g/mol. The second-order valence-corrected chi connectivity index (χ2v) is 3.83. The van der Waals surface area contributed by atoms with Crippen LogP contribution in [0.3, 0.4) is 0 Å². The quantitative estimate of drug-likeness (QED) is 0.682. The molecule has 0 aromatic heterocycles. The standard InChI is InChI=1S/C9H18N2O2/c1-11(8(12)13)9(7-10)5-3-2-4-6-9/h2-7,10H2,1H3,(H,12,13). The van der Waals surface area contributed by atoms with Crippen LogP contribution < -0.4 is 5.73 Å². The lowest BCUT2D eigenvalue weighted by atomic mass is 9.81. The maximum Gasteiger partial charge on any atom is 0.407 e. The van der Waals surface area contributed by atoms with Crippen molar-refractivity contribution in [1.82, 2.24) is 4.90 Å². The van der Waals surface area contributed by atoms with Gasteiger partial charge in [0.15, 0.2) is 0 Å². The van der Waals surface area contributed by atoms with Crippen LogP contribution in [0, 0.1) is 0 Å². The molecule has 0 unspecified atom stereocenters. The number of carbonyl (C=O) groups is 1. The summed E-state index contributed by atoms with van der Waals surface area (Å²) in [5, 5.41) is 8.90. The van der Waals surface area contributed by atoms with Crippen molar-refractivity contribution >= 4 is 6.09 Å². The van der Waals surface area contributed by atoms with Gasteiger partial charge in [-0.15, -0.1) is 0 Å². The van der Waals surface area contributed by atoms with Gasteiger partial charge in [0.25, 0.3) is 0 Å². The van der Waals surface area contributed by atoms with Gasteiger partial charge in [-0.25, -0.2) is 4.79 Å². The Morgan fingerprint density at radius 3 is 2.38 bits per heavy atom. The average molecular weight is 186 g/mol. The van der Waals surface area contributed by atoms with Gasteiger partial charge in [0.1, 0.15) is 0 Å². The Labute approximate surface area is 78.7 Å². The van der Waals surface area contributed by atoms with E-state index in [0.29, 0.717) is 6.54 Å². The van der Waals surface area contributed by atoms with Crippen molar-refractivity contribution in [1.29, 1.82) is 0 Å². The third-order valence-electron chi connectivity index (χ3n) is 3.16. The summed E-state index contributed by atoms with van der Waals surface area (Å²) in [6, 6.07) is 0. The summed E-state index contributed by atoms with van der Waals surface area (Å²) in [4.78, 5) is 12.2. The molecule has 0 atom stereocenters. The highest BCUT2D eigenvalue weighted by Gasteiger charge is 2.37. The van der Waals surface area contributed by atoms with E-state index in [1.807, 2.05) is 0 Å². The average Bonchev–Trinajstić information content (AvgIpc) is 2.17. The molecule has 76 valence electrons. The smallest absolute Gasteiger partial charge is 0.407 e. The van der Waals surface area contributed by atoms with Gasteiger partial charge in [0, 0.05) is 13.6 Å². The molecule has 1 saturated carbocycles. The zero-order valence-corrected chi connectivity index (χ0v) is 8.12. The van der Waals surface area contributed by atoms with Crippen molar-refractivity contribution in [2.45, 2.75) is 37.6 Å². The Bertz CT molecular complexity index is 188. The van der Waals surface area contributed by atoms with E-state index < -0.39 is 6.09 Å². The van der Waals surface area contributed by atoms with Crippen molar-refractivity contribution in [2.24, 2.45) is 5.73 Å². The molecule has 0 aliphatic heterocycles. The summed E-state index contributed by atoms with van der Waals surface area (Å²) >= 11 is 0. The molecule has 13 heavy (non-hydrogen) atoms. The van der Waals surface area contributed by atoms with Crippen LogP contribution in [-0.2, 0) is 0 Å². The van der Waals surface area contributed by atoms with E-state index in [-0.39, 0.29) is 5.54 Å². The summed E-state index contributed by atoms with van der Waals surface area (Å²) in [7, 11) is 1.63. The largest absolute Gasteiger partial charge is 0.465 e. The van der Waals surface area contributed by atoms with Crippen molar-refractivity contribution in [2.75, 3.05) is 13.6 Å². The van der Waals surface area contributed by atoms with Crippen LogP contribution in [0.15, 0.2) is 0 Å². The highest BCUT2D eigenvalue weighted by atomic mass is 16.4. The minimum Gasteiger partial charge on any atom is -0.465 e. The third-order valence-corrected chi connectivity index (χ3v) is 3.16. The fraction of sp³-hybridized carbons (Fsp3) is 0.889. The Morgan fingerprint density at radius 2 is 2.00 bits per heavy atom. The van der Waals surface area contributed by atoms with Crippen molar-refractivity contribution < 1.29 is 9.90 Å². The summed E-state index contributed by atoms with van der Waals surface area (Å²) in [5.74, 6) is 0. The zero-order chi connectivity index (χ0) is 9.90. The number of carboxylic acid groups (broad SMARTS) is 1. The number of hydrogen-bond donors (Lipinski definition) is 2. The minimum absolute atomic E-state index is 0.288. The van der Waals surface area contributed by atoms with Crippen LogP contribution in [0.25, 0.3) is 0 Å². The summed E-state index contributed by atoms with van der Waals surface area (Å²) < 4.78 is 0. The number of nitrogens with two attached hydrogens (primary N) is 1. The minimum atomic E-state index is -0.868. The molecule has 0 radical (unpaired) electrons. The molecule has 1 aliphatic rings. The predicted octanol–water partition coefficient (Wildman–Crippen LogP) is 1.26. The first kappa shape index (κ1) is 10.3. The molecule has 4 heteroatoms. The second kappa shape index (κ2) is 3.96. The molecular weight excluding hydrogens is 168 g/mol. The van der Waals surface area contributed by atoms with Crippen molar-refractivity contribution in [3.05, 3.63) is 0 Å². The molecule has 0 spiro atoms. The third kappa shape index (κ3) is 1.94. The molecule has 1 rings (SSSR count). The zero-order valence-electron chi connectivity index (χ0n) is 8.12. The van der Waals surface area contributed by atoms with Gasteiger partial charge in [0.2, 0.25) is 0 Å². The summed E-state index contributed by atoms with van der Waals surface area (Å²) in [6.45, 7) is 0.440. The van der Waals surface area contributed by atoms with E-state index in [4.69, 9.17) is 10.8 Å². The van der Waals surface area contributed by atoms with E-state index in [0.717, 1.165) is 25.7 Å². The molecule has 1 fully saturated rings. The Morgan fingerprint density at radius 1 is 1.46 bits per heavy atom. The molecular formula is C9H18N2O2. The molecule has 0 aromatic rings. The van der Waals surface area contributed by atoms with Crippen LogP contribution in [0.1, 0.15) is 32.1 Å². The lowest BCUT2D eigenvalue weighted by Crippen LogP contribution is -2.55. The number of likely N-dealkylation sites (N-methyl/N-ethyl adjacent to an activating group) is 1. The Balaban J connectivity index is 2.72. The number of rotatable bonds is 2. The van der Waals surface area contributed by atoms with E-state index in [2.05, 4.69) is 0 Å². The van der Waals surface area contributed by atoms with E-state index in [1.165, 1.54) is 11.3 Å². The van der Waals surface area contributed by atoms with Gasteiger partial charge >= 0.3 is 6.09 Å². The molecule has 3 N–H and O–H groups in total. The second-order valence-electron chi connectivity index (χ2n) is 3.83. The van der Waals surface area contributed by atoms with Crippen LogP contribution >= 0.6 is 0 Å². The van der Waals surface area contributed by atoms with Gasteiger partial charge in [-0.1, -0.05) is 19.3 Å². The summed E-state index contributed by atoms with van der Waals surface area (Å²) in [6.07, 6.45) is 4.34. The molecule has 4 nitrogen and oxygen atoms in total. The molecule has 1 aliphatic carbocycles. The first-order chi connectivity index (χ1) is 6.12. The normalized spacial score (nSPS) is 21.1. The Kier molecular flexibility index (Phi) is 3.14. The predicted molar refractivity (Wildman–Crippen MR) is 50.7 cm³/mol. The first-order valence-corrected chi connectivity index (χ1v) is 4.79. The van der Waals surface area contributed by atoms with Gasteiger partial charge in [0.05, 0.1) is 5.54 Å². The van der Waals surface area contributed by atoms with E-state index >= 15 is 0 Å². The highest BCUT2D eigenvalue weighted by Crippen LogP contribution is 2.31. The van der Waals surface area contributed by atoms with Gasteiger partial charge in [-0.05, 0) is 12.8 Å². The number of amides is 1. The fourth-order valence-corrected chi connectivity index (χ4v) is 2.09. The van der Waals surface area contributed by atoms with E-state index in [9.17, 15) is 4.79 Å². The summed E-state index contributed by atoms with van der Waals surface area (Å²) in [5.41, 5.74) is 5.38. The lowest BCUT2D eigenvalue weighted by molar-refractivity contribution is 0.0725. The Hall–Kier alpha value is -0.770. The van der Waals surface area contributed by atoms with Crippen LogP contribution in [0.4, 0.5) is 4.79 Å². The van der Waals surface area contributed by atoms with Gasteiger partial charge in [-0.2, -0.15) is 0 Å². The van der Waals surface area contributed by atoms with Crippen molar-refractivity contribution in [3.63, 3.8) is 0 Å². The number of hydrogen-bond acceptors (Lipinski definition) is 2. The molecule has 0 bridgehead atoms. The molecule has 0 heterocycles. The fourth-order valence-electron chi connectivity index (χ4n) is 2.09. The molecule has 0 saturated heterocycles. The van der Waals surface area contributed by atoms with Crippen LogP contribution in [0.2, 0.25) is 0 Å². The van der Waals surface area contributed by atoms with Gasteiger partial charge < -0.3 is 15.7 Å². The number of nitrogens with zero attached hydrogens (tertiary/aromatic N) is 1.